The first kappa shape index (κ1) is 22.6. The molecule has 2 aromatic rings. The van der Waals surface area contributed by atoms with Crippen molar-refractivity contribution >= 4 is 22.4 Å². The SMILES string of the molecule is C/C(N)=C/C=C(\N)c1cc2cc(C)ccc2nc1N1CCC(NC2CCCC[C@@H]2O)CC1. The molecule has 4 rings (SSSR count). The normalized spacial score (nSPS) is 23.7. The predicted octanol–water partition coefficient (Wildman–Crippen LogP) is 3.57. The van der Waals surface area contributed by atoms with Gasteiger partial charge in [0.25, 0.3) is 0 Å². The van der Waals surface area contributed by atoms with Crippen molar-refractivity contribution < 1.29 is 5.11 Å². The van der Waals surface area contributed by atoms with Gasteiger partial charge in [-0.2, -0.15) is 0 Å². The fourth-order valence-corrected chi connectivity index (χ4v) is 4.92. The predicted molar refractivity (Wildman–Crippen MR) is 133 cm³/mol. The fraction of sp³-hybridized carbons (Fsp3) is 0.500. The zero-order chi connectivity index (χ0) is 22.7. The van der Waals surface area contributed by atoms with Crippen molar-refractivity contribution in [2.75, 3.05) is 18.0 Å². The largest absolute Gasteiger partial charge is 0.402 e. The molecule has 0 radical (unpaired) electrons. The molecule has 1 aromatic heterocycles. The highest BCUT2D eigenvalue weighted by Gasteiger charge is 2.28. The monoisotopic (exact) mass is 435 g/mol. The van der Waals surface area contributed by atoms with E-state index >= 15 is 0 Å². The molecule has 2 heterocycles. The molecule has 2 atom stereocenters. The minimum atomic E-state index is -0.206. The van der Waals surface area contributed by atoms with Crippen LogP contribution in [-0.2, 0) is 0 Å². The molecule has 1 aliphatic carbocycles. The molecule has 0 amide bonds. The first-order chi connectivity index (χ1) is 15.4. The summed E-state index contributed by atoms with van der Waals surface area (Å²) in [5.74, 6) is 0.939. The number of piperidine rings is 1. The average Bonchev–Trinajstić information content (AvgIpc) is 2.78. The Morgan fingerprint density at radius 2 is 1.84 bits per heavy atom. The Balaban J connectivity index is 1.56. The summed E-state index contributed by atoms with van der Waals surface area (Å²) in [5, 5.41) is 15.1. The van der Waals surface area contributed by atoms with Crippen molar-refractivity contribution in [1.29, 1.82) is 0 Å². The van der Waals surface area contributed by atoms with E-state index in [9.17, 15) is 5.11 Å². The molecule has 2 fully saturated rings. The number of hydrogen-bond donors (Lipinski definition) is 4. The zero-order valence-electron chi connectivity index (χ0n) is 19.3. The van der Waals surface area contributed by atoms with Crippen LogP contribution in [0.5, 0.6) is 0 Å². The maximum Gasteiger partial charge on any atom is 0.138 e. The van der Waals surface area contributed by atoms with Crippen molar-refractivity contribution in [2.45, 2.75) is 70.6 Å². The molecule has 1 saturated heterocycles. The highest BCUT2D eigenvalue weighted by molar-refractivity contribution is 5.88. The number of nitrogens with two attached hydrogens (primary N) is 2. The molecule has 1 aliphatic heterocycles. The third-order valence-corrected chi connectivity index (χ3v) is 6.76. The summed E-state index contributed by atoms with van der Waals surface area (Å²) in [6.45, 7) is 5.77. The van der Waals surface area contributed by atoms with Gasteiger partial charge in [-0.15, -0.1) is 0 Å². The second-order valence-electron chi connectivity index (χ2n) is 9.47. The molecular weight excluding hydrogens is 398 g/mol. The summed E-state index contributed by atoms with van der Waals surface area (Å²) in [7, 11) is 0. The van der Waals surface area contributed by atoms with Gasteiger partial charge >= 0.3 is 0 Å². The number of allylic oxidation sites excluding steroid dienone is 3. The maximum atomic E-state index is 10.3. The van der Waals surface area contributed by atoms with Crippen LogP contribution in [0.2, 0.25) is 0 Å². The van der Waals surface area contributed by atoms with E-state index in [0.717, 1.165) is 73.2 Å². The van der Waals surface area contributed by atoms with Crippen LogP contribution in [0.4, 0.5) is 5.82 Å². The standard InChI is InChI=1S/C26H37N5O/c1-17-7-10-23-19(15-17)16-21(22(28)9-8-18(2)27)26(30-23)31-13-11-20(12-14-31)29-24-5-3-4-6-25(24)32/h7-10,15-16,20,24-25,29,32H,3-6,11-14,27-28H2,1-2H3/b18-8-,22-9-/t24?,25-/m0/s1. The molecule has 0 spiro atoms. The first-order valence-electron chi connectivity index (χ1n) is 11.9. The van der Waals surface area contributed by atoms with Crippen LogP contribution in [0.1, 0.15) is 56.6 Å². The summed E-state index contributed by atoms with van der Waals surface area (Å²) in [6, 6.07) is 9.16. The lowest BCUT2D eigenvalue weighted by Gasteiger charge is -2.38. The van der Waals surface area contributed by atoms with E-state index in [0.29, 0.717) is 11.7 Å². The van der Waals surface area contributed by atoms with Crippen molar-refractivity contribution in [1.82, 2.24) is 10.3 Å². The number of anilines is 1. The Labute approximate surface area is 191 Å². The van der Waals surface area contributed by atoms with Crippen LogP contribution >= 0.6 is 0 Å². The van der Waals surface area contributed by atoms with Gasteiger partial charge in [0.1, 0.15) is 5.82 Å². The number of rotatable bonds is 5. The number of aliphatic hydroxyl groups is 1. The Kier molecular flexibility index (Phi) is 7.01. The highest BCUT2D eigenvalue weighted by atomic mass is 16.3. The molecular formula is C26H37N5O. The number of aromatic nitrogens is 1. The van der Waals surface area contributed by atoms with Crippen LogP contribution in [0.15, 0.2) is 42.1 Å². The van der Waals surface area contributed by atoms with Crippen LogP contribution in [0.25, 0.3) is 16.6 Å². The van der Waals surface area contributed by atoms with Gasteiger partial charge in [0.15, 0.2) is 0 Å². The number of benzene rings is 1. The van der Waals surface area contributed by atoms with Crippen molar-refractivity contribution in [3.63, 3.8) is 0 Å². The van der Waals surface area contributed by atoms with E-state index in [1.54, 1.807) is 0 Å². The van der Waals surface area contributed by atoms with Crippen LogP contribution < -0.4 is 21.7 Å². The minimum Gasteiger partial charge on any atom is -0.402 e. The van der Waals surface area contributed by atoms with Crippen LogP contribution in [0, 0.1) is 6.92 Å². The van der Waals surface area contributed by atoms with Gasteiger partial charge in [0.2, 0.25) is 0 Å². The van der Waals surface area contributed by atoms with E-state index in [1.165, 1.54) is 12.0 Å². The van der Waals surface area contributed by atoms with Gasteiger partial charge in [0.05, 0.1) is 11.6 Å². The number of nitrogens with zero attached hydrogens (tertiary/aromatic N) is 2. The summed E-state index contributed by atoms with van der Waals surface area (Å²) in [5.41, 5.74) is 16.9. The molecule has 6 N–H and O–H groups in total. The molecule has 32 heavy (non-hydrogen) atoms. The Bertz CT molecular complexity index is 1000. The Hall–Kier alpha value is -2.57. The molecule has 1 unspecified atom stereocenters. The summed E-state index contributed by atoms with van der Waals surface area (Å²) < 4.78 is 0. The van der Waals surface area contributed by atoms with Gasteiger partial charge in [-0.3, -0.25) is 0 Å². The summed E-state index contributed by atoms with van der Waals surface area (Å²) in [4.78, 5) is 7.38. The smallest absolute Gasteiger partial charge is 0.138 e. The number of fused-ring (bicyclic) bond motifs is 1. The third-order valence-electron chi connectivity index (χ3n) is 6.76. The second kappa shape index (κ2) is 9.92. The Morgan fingerprint density at radius 1 is 1.09 bits per heavy atom. The van der Waals surface area contributed by atoms with E-state index in [-0.39, 0.29) is 12.1 Å². The number of aliphatic hydroxyl groups excluding tert-OH is 1. The van der Waals surface area contributed by atoms with Gasteiger partial charge in [0, 0.05) is 47.5 Å². The molecule has 1 saturated carbocycles. The third kappa shape index (κ3) is 5.25. The minimum absolute atomic E-state index is 0.206. The van der Waals surface area contributed by atoms with E-state index in [4.69, 9.17) is 16.5 Å². The van der Waals surface area contributed by atoms with Crippen LogP contribution in [0.3, 0.4) is 0 Å². The lowest BCUT2D eigenvalue weighted by Crippen LogP contribution is -2.51. The quantitative estimate of drug-likeness (QED) is 0.536. The van der Waals surface area contributed by atoms with E-state index < -0.39 is 0 Å². The van der Waals surface area contributed by atoms with E-state index in [2.05, 4.69) is 41.4 Å². The molecule has 172 valence electrons. The van der Waals surface area contributed by atoms with Gasteiger partial charge < -0.3 is 26.8 Å². The van der Waals surface area contributed by atoms with Crippen molar-refractivity contribution in [3.05, 3.63) is 53.2 Å². The fourth-order valence-electron chi connectivity index (χ4n) is 4.92. The molecule has 2 aliphatic rings. The summed E-state index contributed by atoms with van der Waals surface area (Å²) in [6.07, 6.45) is 9.91. The molecule has 6 heteroatoms. The van der Waals surface area contributed by atoms with Crippen LogP contribution in [-0.4, -0.2) is 41.4 Å². The van der Waals surface area contributed by atoms with E-state index in [1.807, 2.05) is 19.1 Å². The summed E-state index contributed by atoms with van der Waals surface area (Å²) >= 11 is 0. The zero-order valence-corrected chi connectivity index (χ0v) is 19.3. The lowest BCUT2D eigenvalue weighted by atomic mass is 9.91. The lowest BCUT2D eigenvalue weighted by molar-refractivity contribution is 0.0828. The van der Waals surface area contributed by atoms with Gasteiger partial charge in [-0.25, -0.2) is 4.98 Å². The molecule has 1 aromatic carbocycles. The number of nitrogens with one attached hydrogen (secondary N) is 1. The maximum absolute atomic E-state index is 10.3. The van der Waals surface area contributed by atoms with Gasteiger partial charge in [-0.1, -0.05) is 24.5 Å². The topological polar surface area (TPSA) is 100 Å². The molecule has 6 nitrogen and oxygen atoms in total. The highest BCUT2D eigenvalue weighted by Crippen LogP contribution is 2.30. The second-order valence-corrected chi connectivity index (χ2v) is 9.47. The first-order valence-corrected chi connectivity index (χ1v) is 11.9. The average molecular weight is 436 g/mol. The number of aryl methyl sites for hydroxylation is 1. The number of hydrogen-bond acceptors (Lipinski definition) is 6. The van der Waals surface area contributed by atoms with Crippen molar-refractivity contribution in [3.8, 4) is 0 Å². The Morgan fingerprint density at radius 3 is 2.56 bits per heavy atom. The number of pyridine rings is 1. The van der Waals surface area contributed by atoms with Gasteiger partial charge in [-0.05, 0) is 69.9 Å². The molecule has 0 bridgehead atoms. The van der Waals surface area contributed by atoms with Crippen molar-refractivity contribution in [2.24, 2.45) is 11.5 Å².